The van der Waals surface area contributed by atoms with Gasteiger partial charge in [0.05, 0.1) is 24.0 Å². The monoisotopic (exact) mass is 821 g/mol. The zero-order valence-electron chi connectivity index (χ0n) is 37.6. The van der Waals surface area contributed by atoms with Crippen molar-refractivity contribution in [3.63, 3.8) is 0 Å². The molecule has 1 aliphatic rings. The summed E-state index contributed by atoms with van der Waals surface area (Å²) in [5.41, 5.74) is 11.1. The van der Waals surface area contributed by atoms with Crippen LogP contribution in [0.3, 0.4) is 0 Å². The lowest BCUT2D eigenvalue weighted by atomic mass is 9.94. The Morgan fingerprint density at radius 3 is 2.17 bits per heavy atom. The van der Waals surface area contributed by atoms with E-state index in [0.717, 1.165) is 50.9 Å². The van der Waals surface area contributed by atoms with Gasteiger partial charge in [-0.05, 0) is 146 Å². The molecule has 0 amide bonds. The SMILES string of the molecule is CCCCC(CC)COc1ccc(-c2ccc3c(c2)c2cc(C4=CC#CC(OCC(CC)CCCC)C=C4)[pH]c2n3-c2cc(C)c(C/C(C)=C\C(C=O)CC)c(C)c2)cc1. The predicted molar refractivity (Wildman–Crippen MR) is 259 cm³/mol. The quantitative estimate of drug-likeness (QED) is 0.0397. The van der Waals surface area contributed by atoms with Crippen molar-refractivity contribution in [3.8, 4) is 34.4 Å². The Morgan fingerprint density at radius 2 is 1.52 bits per heavy atom. The summed E-state index contributed by atoms with van der Waals surface area (Å²) in [5.74, 6) is 8.80. The lowest BCUT2D eigenvalue weighted by molar-refractivity contribution is -0.110. The van der Waals surface area contributed by atoms with Crippen LogP contribution in [0.5, 0.6) is 5.75 Å². The summed E-state index contributed by atoms with van der Waals surface area (Å²) >= 11 is 0. The third-order valence-corrected chi connectivity index (χ3v) is 14.0. The van der Waals surface area contributed by atoms with Crippen LogP contribution in [0, 0.1) is 43.4 Å². The Kier molecular flexibility index (Phi) is 16.4. The van der Waals surface area contributed by atoms with E-state index in [-0.39, 0.29) is 12.0 Å². The summed E-state index contributed by atoms with van der Waals surface area (Å²) in [6, 6.07) is 22.7. The molecule has 4 nitrogen and oxygen atoms in total. The van der Waals surface area contributed by atoms with Crippen LogP contribution in [-0.4, -0.2) is 30.2 Å². The fourth-order valence-corrected chi connectivity index (χ4v) is 10.1. The minimum absolute atomic E-state index is 0.0294. The van der Waals surface area contributed by atoms with Crippen LogP contribution < -0.4 is 4.74 Å². The van der Waals surface area contributed by atoms with Crippen LogP contribution in [0.25, 0.3) is 43.9 Å². The fourth-order valence-electron chi connectivity index (χ4n) is 8.58. The van der Waals surface area contributed by atoms with Gasteiger partial charge in [-0.2, -0.15) is 0 Å². The summed E-state index contributed by atoms with van der Waals surface area (Å²) < 4.78 is 15.1. The van der Waals surface area contributed by atoms with E-state index >= 15 is 0 Å². The van der Waals surface area contributed by atoms with Crippen molar-refractivity contribution in [1.29, 1.82) is 0 Å². The fraction of sp³-hybridized carbons (Fsp3) is 0.436. The van der Waals surface area contributed by atoms with Crippen LogP contribution >= 0.6 is 8.19 Å². The highest BCUT2D eigenvalue weighted by atomic mass is 31.0. The van der Waals surface area contributed by atoms with Crippen LogP contribution in [0.15, 0.2) is 90.5 Å². The molecule has 5 aromatic rings. The summed E-state index contributed by atoms with van der Waals surface area (Å²) in [7, 11) is 0.474. The van der Waals surface area contributed by atoms with Gasteiger partial charge in [0.1, 0.15) is 18.1 Å². The van der Waals surface area contributed by atoms with Crippen molar-refractivity contribution in [1.82, 2.24) is 4.57 Å². The second-order valence-corrected chi connectivity index (χ2v) is 18.4. The Morgan fingerprint density at radius 1 is 0.833 bits per heavy atom. The Bertz CT molecular complexity index is 2350. The largest absolute Gasteiger partial charge is 0.493 e. The molecule has 2 aromatic heterocycles. The third-order valence-electron chi connectivity index (χ3n) is 12.6. The lowest BCUT2D eigenvalue weighted by Gasteiger charge is -2.16. The standard InChI is InChI=1S/C55H68NO3P/c1-9-14-17-41(11-3)36-58-48-20-16-19-45(23-27-48)54-34-52-51-33-46(44-21-25-49(26-22-44)59-37-42(12-4)18-15-10-2)24-28-53(51)56(55(52)60-54)47-31-39(7)50(40(8)32-47)30-38(6)29-43(13-5)35-57/h19,21-29,31-35,41-43,48,60H,9-15,17-18,30,36-37H2,1-8H3/b38-29-. The molecule has 5 atom stereocenters. The molecule has 6 rings (SSSR count). The summed E-state index contributed by atoms with van der Waals surface area (Å²) in [5, 5.41) is 5.18. The first-order chi connectivity index (χ1) is 29.2. The van der Waals surface area contributed by atoms with Crippen molar-refractivity contribution in [2.75, 3.05) is 13.2 Å². The van der Waals surface area contributed by atoms with Gasteiger partial charge in [-0.15, -0.1) is 8.19 Å². The first-order valence-electron chi connectivity index (χ1n) is 22.8. The number of hydrogen-bond donors (Lipinski definition) is 0. The average molecular weight is 822 g/mol. The molecular weight excluding hydrogens is 754 g/mol. The van der Waals surface area contributed by atoms with Crippen LogP contribution in [0.4, 0.5) is 0 Å². The molecule has 5 heteroatoms. The number of aldehydes is 1. The van der Waals surface area contributed by atoms with Crippen molar-refractivity contribution < 1.29 is 14.3 Å². The molecule has 316 valence electrons. The maximum atomic E-state index is 11.6. The maximum absolute atomic E-state index is 11.6. The van der Waals surface area contributed by atoms with E-state index in [1.54, 1.807) is 0 Å². The molecule has 0 saturated heterocycles. The van der Waals surface area contributed by atoms with Gasteiger partial charge in [-0.25, -0.2) is 0 Å². The smallest absolute Gasteiger partial charge is 0.137 e. The summed E-state index contributed by atoms with van der Waals surface area (Å²) in [6.07, 6.45) is 20.8. The van der Waals surface area contributed by atoms with Crippen molar-refractivity contribution >= 4 is 41.6 Å². The number of aromatic nitrogens is 1. The van der Waals surface area contributed by atoms with Crippen molar-refractivity contribution in [2.24, 2.45) is 17.8 Å². The number of rotatable bonds is 22. The van der Waals surface area contributed by atoms with E-state index in [2.05, 4.69) is 157 Å². The maximum Gasteiger partial charge on any atom is 0.137 e. The van der Waals surface area contributed by atoms with Gasteiger partial charge in [-0.3, -0.25) is 0 Å². The molecule has 0 N–H and O–H groups in total. The number of carbonyl (C=O) groups excluding carboxylic acids is 1. The van der Waals surface area contributed by atoms with Crippen molar-refractivity contribution in [3.05, 3.63) is 113 Å². The molecule has 0 aliphatic heterocycles. The minimum atomic E-state index is -0.195. The third kappa shape index (κ3) is 11.0. The van der Waals surface area contributed by atoms with Crippen molar-refractivity contribution in [2.45, 2.75) is 126 Å². The van der Waals surface area contributed by atoms with Gasteiger partial charge in [-0.1, -0.05) is 121 Å². The molecule has 0 spiro atoms. The number of carbonyl (C=O) groups is 1. The second kappa shape index (κ2) is 21.8. The van der Waals surface area contributed by atoms with Crippen LogP contribution in [-0.2, 0) is 16.0 Å². The van der Waals surface area contributed by atoms with E-state index < -0.39 is 0 Å². The summed E-state index contributed by atoms with van der Waals surface area (Å²) in [6.45, 7) is 19.3. The first-order valence-corrected chi connectivity index (χ1v) is 23.8. The number of hydrogen-bond acceptors (Lipinski definition) is 3. The number of allylic oxidation sites excluding steroid dienone is 5. The molecule has 0 saturated carbocycles. The van der Waals surface area contributed by atoms with Gasteiger partial charge in [0, 0.05) is 27.7 Å². The lowest BCUT2D eigenvalue weighted by Crippen LogP contribution is -2.15. The van der Waals surface area contributed by atoms with Gasteiger partial charge in [0.15, 0.2) is 0 Å². The van der Waals surface area contributed by atoms with E-state index in [1.165, 1.54) is 110 Å². The number of unbranched alkanes of at least 4 members (excludes halogenated alkanes) is 2. The van der Waals surface area contributed by atoms with E-state index in [4.69, 9.17) is 9.47 Å². The molecule has 60 heavy (non-hydrogen) atoms. The number of ether oxygens (including phenoxy) is 2. The number of fused-ring (bicyclic) bond motifs is 3. The second-order valence-electron chi connectivity index (χ2n) is 17.1. The number of aryl methyl sites for hydroxylation is 2. The molecular formula is C55H68NO3P. The molecule has 1 aliphatic carbocycles. The number of benzene rings is 3. The molecule has 3 aromatic carbocycles. The zero-order valence-corrected chi connectivity index (χ0v) is 38.6. The zero-order chi connectivity index (χ0) is 42.6. The Balaban J connectivity index is 1.36. The Hall–Kier alpha value is -4.55. The molecule has 0 bridgehead atoms. The average Bonchev–Trinajstić information content (AvgIpc) is 3.72. The molecule has 2 heterocycles. The topological polar surface area (TPSA) is 40.5 Å². The highest BCUT2D eigenvalue weighted by Crippen LogP contribution is 2.44. The van der Waals surface area contributed by atoms with Gasteiger partial charge < -0.3 is 18.8 Å². The molecule has 0 radical (unpaired) electrons. The summed E-state index contributed by atoms with van der Waals surface area (Å²) in [4.78, 5) is 11.6. The Labute approximate surface area is 362 Å². The first kappa shape index (κ1) is 45.0. The van der Waals surface area contributed by atoms with Gasteiger partial charge in [0.2, 0.25) is 0 Å². The molecule has 0 fully saturated rings. The highest BCUT2D eigenvalue weighted by molar-refractivity contribution is 7.38. The van der Waals surface area contributed by atoms with E-state index in [9.17, 15) is 4.79 Å². The van der Waals surface area contributed by atoms with Gasteiger partial charge in [0.25, 0.3) is 0 Å². The number of nitrogens with zero attached hydrogens (tertiary/aromatic N) is 1. The normalized spacial score (nSPS) is 15.8. The highest BCUT2D eigenvalue weighted by Gasteiger charge is 2.19. The van der Waals surface area contributed by atoms with Gasteiger partial charge >= 0.3 is 0 Å². The van der Waals surface area contributed by atoms with Crippen LogP contribution in [0.2, 0.25) is 0 Å². The molecule has 5 unspecified atom stereocenters. The minimum Gasteiger partial charge on any atom is -0.493 e. The van der Waals surface area contributed by atoms with Crippen LogP contribution in [0.1, 0.15) is 121 Å². The van der Waals surface area contributed by atoms with E-state index in [0.29, 0.717) is 20.0 Å². The predicted octanol–water partition coefficient (Wildman–Crippen LogP) is 15.0. The van der Waals surface area contributed by atoms with E-state index in [1.807, 2.05) is 0 Å².